The summed E-state index contributed by atoms with van der Waals surface area (Å²) in [5.41, 5.74) is 0.677. The molecular weight excluding hydrogens is 429 g/mol. The summed E-state index contributed by atoms with van der Waals surface area (Å²) in [6, 6.07) is 12.5. The van der Waals surface area contributed by atoms with Gasteiger partial charge in [0.15, 0.2) is 10.9 Å². The van der Waals surface area contributed by atoms with E-state index in [0.717, 1.165) is 17.5 Å². The highest BCUT2D eigenvalue weighted by Gasteiger charge is 2.18. The number of benzene rings is 2. The number of aromatic nitrogens is 3. The van der Waals surface area contributed by atoms with Crippen molar-refractivity contribution in [1.82, 2.24) is 14.8 Å². The fourth-order valence-corrected chi connectivity index (χ4v) is 4.35. The van der Waals surface area contributed by atoms with Crippen LogP contribution in [0, 0.1) is 17.1 Å². The van der Waals surface area contributed by atoms with E-state index in [2.05, 4.69) is 14.8 Å². The quantitative estimate of drug-likeness (QED) is 0.485. The van der Waals surface area contributed by atoms with E-state index in [9.17, 15) is 18.1 Å². The zero-order valence-corrected chi connectivity index (χ0v) is 16.7. The first-order chi connectivity index (χ1) is 14.4. The Kier molecular flexibility index (Phi) is 5.18. The van der Waals surface area contributed by atoms with Crippen molar-refractivity contribution in [1.29, 1.82) is 5.26 Å². The van der Waals surface area contributed by atoms with Gasteiger partial charge in [-0.15, -0.1) is 11.3 Å². The molecule has 11 heteroatoms. The molecule has 0 aliphatic heterocycles. The van der Waals surface area contributed by atoms with E-state index in [4.69, 9.17) is 4.74 Å². The maximum Gasteiger partial charge on any atom is 0.263 e. The number of nitrogens with one attached hydrogen (secondary N) is 1. The van der Waals surface area contributed by atoms with Gasteiger partial charge in [0.25, 0.3) is 10.0 Å². The maximum atomic E-state index is 13.1. The predicted octanol–water partition coefficient (Wildman–Crippen LogP) is 3.93. The van der Waals surface area contributed by atoms with Crippen LogP contribution < -0.4 is 9.46 Å². The Hall–Kier alpha value is -3.75. The van der Waals surface area contributed by atoms with E-state index in [1.165, 1.54) is 35.3 Å². The molecule has 0 saturated heterocycles. The van der Waals surface area contributed by atoms with Gasteiger partial charge in [0, 0.05) is 11.6 Å². The standard InChI is InChI=1S/C19H12FN5O3S2/c20-14-11-23-25(12-14)15-1-3-16(4-2-15)28-18-6-5-17(9-13(18)10-21)30(26,27)24-19-22-7-8-29-19/h1-9,11-12H,(H,22,24). The molecule has 0 fully saturated rings. The van der Waals surface area contributed by atoms with Crippen LogP contribution in [0.2, 0.25) is 0 Å². The van der Waals surface area contributed by atoms with Crippen LogP contribution in [0.1, 0.15) is 5.56 Å². The molecule has 2 aromatic carbocycles. The highest BCUT2D eigenvalue weighted by molar-refractivity contribution is 7.93. The molecule has 0 aliphatic rings. The number of anilines is 1. The van der Waals surface area contributed by atoms with Gasteiger partial charge >= 0.3 is 0 Å². The van der Waals surface area contributed by atoms with Gasteiger partial charge in [-0.25, -0.2) is 22.5 Å². The summed E-state index contributed by atoms with van der Waals surface area (Å²) < 4.78 is 47.5. The second kappa shape index (κ2) is 7.94. The minimum atomic E-state index is -3.89. The Balaban J connectivity index is 1.55. The molecule has 8 nitrogen and oxygen atoms in total. The summed E-state index contributed by atoms with van der Waals surface area (Å²) in [5.74, 6) is 0.163. The van der Waals surface area contributed by atoms with Crippen molar-refractivity contribution in [2.75, 3.05) is 4.72 Å². The van der Waals surface area contributed by atoms with Crippen LogP contribution >= 0.6 is 11.3 Å². The van der Waals surface area contributed by atoms with E-state index < -0.39 is 15.8 Å². The maximum absolute atomic E-state index is 13.1. The van der Waals surface area contributed by atoms with Crippen LogP contribution in [0.4, 0.5) is 9.52 Å². The lowest BCUT2D eigenvalue weighted by Crippen LogP contribution is -2.13. The predicted molar refractivity (Wildman–Crippen MR) is 108 cm³/mol. The third-order valence-corrected chi connectivity index (χ3v) is 6.07. The summed E-state index contributed by atoms with van der Waals surface area (Å²) in [7, 11) is -3.89. The molecule has 30 heavy (non-hydrogen) atoms. The lowest BCUT2D eigenvalue weighted by atomic mass is 10.2. The molecule has 1 N–H and O–H groups in total. The lowest BCUT2D eigenvalue weighted by molar-refractivity contribution is 0.480. The Morgan fingerprint density at radius 3 is 2.63 bits per heavy atom. The van der Waals surface area contributed by atoms with Gasteiger partial charge in [-0.2, -0.15) is 10.4 Å². The normalized spacial score (nSPS) is 11.1. The van der Waals surface area contributed by atoms with Gasteiger partial charge < -0.3 is 4.74 Å². The van der Waals surface area contributed by atoms with Crippen LogP contribution in [0.25, 0.3) is 5.69 Å². The lowest BCUT2D eigenvalue weighted by Gasteiger charge is -2.10. The summed E-state index contributed by atoms with van der Waals surface area (Å²) in [4.78, 5) is 3.80. The molecule has 0 unspecified atom stereocenters. The van der Waals surface area contributed by atoms with E-state index in [-0.39, 0.29) is 21.3 Å². The van der Waals surface area contributed by atoms with Crippen LogP contribution in [-0.4, -0.2) is 23.2 Å². The fourth-order valence-electron chi connectivity index (χ4n) is 2.54. The Bertz CT molecular complexity index is 1330. The van der Waals surface area contributed by atoms with Gasteiger partial charge in [-0.1, -0.05) is 0 Å². The zero-order valence-electron chi connectivity index (χ0n) is 15.1. The molecular formula is C19H12FN5O3S2. The number of thiazole rings is 1. The number of hydrogen-bond donors (Lipinski definition) is 1. The van der Waals surface area contributed by atoms with Gasteiger partial charge in [0.1, 0.15) is 17.6 Å². The van der Waals surface area contributed by atoms with Crippen LogP contribution in [0.5, 0.6) is 11.5 Å². The first-order valence-electron chi connectivity index (χ1n) is 8.39. The monoisotopic (exact) mass is 441 g/mol. The summed E-state index contributed by atoms with van der Waals surface area (Å²) in [6.45, 7) is 0. The van der Waals surface area contributed by atoms with Crippen molar-refractivity contribution in [3.8, 4) is 23.3 Å². The third-order valence-electron chi connectivity index (χ3n) is 3.92. The minimum absolute atomic E-state index is 0.0511. The van der Waals surface area contributed by atoms with E-state index in [1.54, 1.807) is 29.6 Å². The molecule has 0 spiro atoms. The average Bonchev–Trinajstić information content (AvgIpc) is 3.40. The minimum Gasteiger partial charge on any atom is -0.456 e. The number of sulfonamides is 1. The van der Waals surface area contributed by atoms with Crippen LogP contribution in [-0.2, 0) is 10.0 Å². The SMILES string of the molecule is N#Cc1cc(S(=O)(=O)Nc2nccs2)ccc1Oc1ccc(-n2cc(F)cn2)cc1. The van der Waals surface area contributed by atoms with Gasteiger partial charge in [0.2, 0.25) is 0 Å². The number of hydrogen-bond acceptors (Lipinski definition) is 7. The van der Waals surface area contributed by atoms with Crippen molar-refractivity contribution in [3.63, 3.8) is 0 Å². The first kappa shape index (κ1) is 19.6. The fraction of sp³-hybridized carbons (Fsp3) is 0. The van der Waals surface area contributed by atoms with Crippen molar-refractivity contribution in [2.24, 2.45) is 0 Å². The molecule has 0 saturated carbocycles. The van der Waals surface area contributed by atoms with Crippen LogP contribution in [0.3, 0.4) is 0 Å². The first-order valence-corrected chi connectivity index (χ1v) is 10.8. The molecule has 0 bridgehead atoms. The van der Waals surface area contributed by atoms with E-state index in [0.29, 0.717) is 11.4 Å². The molecule has 0 aliphatic carbocycles. The molecule has 2 heterocycles. The van der Waals surface area contributed by atoms with Gasteiger partial charge in [-0.3, -0.25) is 4.72 Å². The van der Waals surface area contributed by atoms with Gasteiger partial charge in [-0.05, 0) is 42.5 Å². The number of halogens is 1. The van der Waals surface area contributed by atoms with Crippen molar-refractivity contribution in [2.45, 2.75) is 4.90 Å². The highest BCUT2D eigenvalue weighted by Crippen LogP contribution is 2.29. The van der Waals surface area contributed by atoms with Crippen LogP contribution in [0.15, 0.2) is 71.3 Å². The van der Waals surface area contributed by atoms with E-state index >= 15 is 0 Å². The highest BCUT2D eigenvalue weighted by atomic mass is 32.2. The largest absolute Gasteiger partial charge is 0.456 e. The van der Waals surface area contributed by atoms with Crippen molar-refractivity contribution < 1.29 is 17.5 Å². The van der Waals surface area contributed by atoms with E-state index in [1.807, 2.05) is 6.07 Å². The second-order valence-electron chi connectivity index (χ2n) is 5.91. The third kappa shape index (κ3) is 4.14. The zero-order chi connectivity index (χ0) is 21.1. The number of nitrogens with zero attached hydrogens (tertiary/aromatic N) is 4. The summed E-state index contributed by atoms with van der Waals surface area (Å²) in [5, 5.41) is 15.2. The molecule has 0 radical (unpaired) electrons. The topological polar surface area (TPSA) is 110 Å². The summed E-state index contributed by atoms with van der Waals surface area (Å²) in [6.07, 6.45) is 3.82. The Morgan fingerprint density at radius 1 is 1.20 bits per heavy atom. The Labute approximate surface area is 174 Å². The molecule has 4 aromatic rings. The average molecular weight is 441 g/mol. The smallest absolute Gasteiger partial charge is 0.263 e. The number of nitriles is 1. The molecule has 4 rings (SSSR count). The second-order valence-corrected chi connectivity index (χ2v) is 8.49. The van der Waals surface area contributed by atoms with Crippen molar-refractivity contribution in [3.05, 3.63) is 77.8 Å². The van der Waals surface area contributed by atoms with Gasteiger partial charge in [0.05, 0.1) is 28.5 Å². The Morgan fingerprint density at radius 2 is 2.00 bits per heavy atom. The molecule has 0 amide bonds. The number of ether oxygens (including phenoxy) is 1. The van der Waals surface area contributed by atoms with Crippen molar-refractivity contribution >= 4 is 26.5 Å². The molecule has 150 valence electrons. The molecule has 0 atom stereocenters. The molecule has 2 aromatic heterocycles. The number of rotatable bonds is 6. The summed E-state index contributed by atoms with van der Waals surface area (Å²) >= 11 is 1.14.